The largest absolute Gasteiger partial charge is 0.497 e. The molecule has 0 saturated carbocycles. The van der Waals surface area contributed by atoms with Crippen molar-refractivity contribution in [3.63, 3.8) is 0 Å². The van der Waals surface area contributed by atoms with Gasteiger partial charge in [-0.1, -0.05) is 12.1 Å². The Morgan fingerprint density at radius 2 is 2.27 bits per heavy atom. The number of fused-ring (bicyclic) bond motifs is 1. The van der Waals surface area contributed by atoms with E-state index in [1.54, 1.807) is 18.0 Å². The van der Waals surface area contributed by atoms with Crippen molar-refractivity contribution < 1.29 is 9.53 Å². The zero-order valence-corrected chi connectivity index (χ0v) is 15.1. The molecule has 134 valence electrons. The molecule has 0 spiro atoms. The molecule has 1 aromatic carbocycles. The number of aromatic nitrogens is 4. The minimum Gasteiger partial charge on any atom is -0.497 e. The lowest BCUT2D eigenvalue weighted by Crippen LogP contribution is -2.46. The van der Waals surface area contributed by atoms with Gasteiger partial charge in [-0.05, 0) is 24.6 Å². The van der Waals surface area contributed by atoms with Gasteiger partial charge in [0.05, 0.1) is 19.1 Å². The quantitative estimate of drug-likeness (QED) is 0.732. The number of amides is 1. The van der Waals surface area contributed by atoms with Crippen LogP contribution < -0.4 is 15.4 Å². The maximum absolute atomic E-state index is 13.1. The SMILES string of the molecule is COc1cccc([C@H]2[C@@H](C(=O)Nc3nccs3)[C@H](C)Nc3ncnn32)c1. The molecule has 0 unspecified atom stereocenters. The topological polar surface area (TPSA) is 94.0 Å². The normalized spacial score (nSPS) is 21.5. The standard InChI is InChI=1S/C17H18N6O2S/c1-10-13(15(24)22-17-18-6-7-26-17)14(23-16(21-10)19-9-20-23)11-4-3-5-12(8-11)25-2/h3-10,13-14H,1-2H3,(H,18,22,24)(H,19,20,21)/t10-,13-,14-/m0/s1. The van der Waals surface area contributed by atoms with Crippen LogP contribution in [-0.2, 0) is 4.79 Å². The molecule has 0 radical (unpaired) electrons. The van der Waals surface area contributed by atoms with E-state index in [-0.39, 0.29) is 18.0 Å². The van der Waals surface area contributed by atoms with Gasteiger partial charge in [-0.25, -0.2) is 9.67 Å². The highest BCUT2D eigenvalue weighted by molar-refractivity contribution is 7.13. The molecule has 1 aliphatic heterocycles. The number of ether oxygens (including phenoxy) is 1. The fourth-order valence-electron chi connectivity index (χ4n) is 3.29. The van der Waals surface area contributed by atoms with Crippen molar-refractivity contribution in [1.29, 1.82) is 0 Å². The van der Waals surface area contributed by atoms with E-state index in [1.807, 2.05) is 36.6 Å². The maximum Gasteiger partial charge on any atom is 0.233 e. The molecule has 0 bridgehead atoms. The van der Waals surface area contributed by atoms with Crippen molar-refractivity contribution in [2.24, 2.45) is 5.92 Å². The van der Waals surface area contributed by atoms with Crippen LogP contribution in [0.15, 0.2) is 42.2 Å². The van der Waals surface area contributed by atoms with Crippen LogP contribution in [0.2, 0.25) is 0 Å². The first-order chi connectivity index (χ1) is 12.7. The molecule has 2 N–H and O–H groups in total. The second-order valence-corrected chi connectivity index (χ2v) is 6.93. The van der Waals surface area contributed by atoms with Crippen LogP contribution in [0.5, 0.6) is 5.75 Å². The number of thiazole rings is 1. The Labute approximate surface area is 154 Å². The zero-order chi connectivity index (χ0) is 18.1. The van der Waals surface area contributed by atoms with Crippen LogP contribution in [0.25, 0.3) is 0 Å². The summed E-state index contributed by atoms with van der Waals surface area (Å²) in [6.45, 7) is 1.97. The minimum atomic E-state index is -0.403. The van der Waals surface area contributed by atoms with Crippen LogP contribution in [0, 0.1) is 5.92 Å². The minimum absolute atomic E-state index is 0.117. The lowest BCUT2D eigenvalue weighted by molar-refractivity contribution is -0.121. The van der Waals surface area contributed by atoms with Crippen LogP contribution in [0.4, 0.5) is 11.1 Å². The van der Waals surface area contributed by atoms with Gasteiger partial charge in [0.15, 0.2) is 5.13 Å². The number of carbonyl (C=O) groups excluding carboxylic acids is 1. The van der Waals surface area contributed by atoms with Crippen molar-refractivity contribution in [2.45, 2.75) is 19.0 Å². The predicted molar refractivity (Wildman–Crippen MR) is 98.5 cm³/mol. The Kier molecular flexibility index (Phi) is 4.29. The highest BCUT2D eigenvalue weighted by atomic mass is 32.1. The maximum atomic E-state index is 13.1. The third kappa shape index (κ3) is 2.90. The van der Waals surface area contributed by atoms with Crippen LogP contribution in [0.3, 0.4) is 0 Å². The smallest absolute Gasteiger partial charge is 0.233 e. The highest BCUT2D eigenvalue weighted by Crippen LogP contribution is 2.37. The lowest BCUT2D eigenvalue weighted by Gasteiger charge is -2.36. The Hall–Kier alpha value is -2.94. The summed E-state index contributed by atoms with van der Waals surface area (Å²) in [6.07, 6.45) is 3.15. The first kappa shape index (κ1) is 16.5. The van der Waals surface area contributed by atoms with Gasteiger partial charge in [0.1, 0.15) is 12.1 Å². The summed E-state index contributed by atoms with van der Waals surface area (Å²) in [5.41, 5.74) is 0.934. The number of carbonyl (C=O) groups is 1. The van der Waals surface area contributed by atoms with Gasteiger partial charge in [-0.3, -0.25) is 4.79 Å². The summed E-state index contributed by atoms with van der Waals surface area (Å²) in [7, 11) is 1.62. The summed E-state index contributed by atoms with van der Waals surface area (Å²) < 4.78 is 7.10. The summed E-state index contributed by atoms with van der Waals surface area (Å²) in [4.78, 5) is 21.5. The lowest BCUT2D eigenvalue weighted by atomic mass is 9.85. The van der Waals surface area contributed by atoms with Gasteiger partial charge in [-0.15, -0.1) is 11.3 Å². The van der Waals surface area contributed by atoms with E-state index in [0.717, 1.165) is 11.3 Å². The molecule has 1 amide bonds. The van der Waals surface area contributed by atoms with Crippen LogP contribution >= 0.6 is 11.3 Å². The molecule has 8 nitrogen and oxygen atoms in total. The second-order valence-electron chi connectivity index (χ2n) is 6.03. The Bertz CT molecular complexity index is 910. The zero-order valence-electron chi connectivity index (χ0n) is 14.3. The molecule has 0 aliphatic carbocycles. The monoisotopic (exact) mass is 370 g/mol. The Morgan fingerprint density at radius 3 is 3.04 bits per heavy atom. The average molecular weight is 370 g/mol. The van der Waals surface area contributed by atoms with E-state index in [9.17, 15) is 4.79 Å². The molecular formula is C17H18N6O2S. The van der Waals surface area contributed by atoms with Gasteiger partial charge in [-0.2, -0.15) is 10.1 Å². The molecule has 3 aromatic rings. The number of rotatable bonds is 4. The highest BCUT2D eigenvalue weighted by Gasteiger charge is 2.41. The molecule has 3 atom stereocenters. The molecule has 9 heteroatoms. The van der Waals surface area contributed by atoms with Gasteiger partial charge >= 0.3 is 0 Å². The van der Waals surface area contributed by atoms with Crippen LogP contribution in [-0.4, -0.2) is 38.8 Å². The molecule has 26 heavy (non-hydrogen) atoms. The molecule has 0 fully saturated rings. The van der Waals surface area contributed by atoms with E-state index in [2.05, 4.69) is 25.7 Å². The first-order valence-electron chi connectivity index (χ1n) is 8.17. The van der Waals surface area contributed by atoms with Crippen molar-refractivity contribution >= 4 is 28.3 Å². The van der Waals surface area contributed by atoms with Gasteiger partial charge in [0.2, 0.25) is 11.9 Å². The van der Waals surface area contributed by atoms with E-state index < -0.39 is 5.92 Å². The fraction of sp³-hybridized carbons (Fsp3) is 0.294. The van der Waals surface area contributed by atoms with Crippen molar-refractivity contribution in [3.05, 3.63) is 47.7 Å². The van der Waals surface area contributed by atoms with Gasteiger partial charge in [0.25, 0.3) is 0 Å². The van der Waals surface area contributed by atoms with E-state index in [1.165, 1.54) is 17.7 Å². The summed E-state index contributed by atoms with van der Waals surface area (Å²) >= 11 is 1.39. The number of nitrogens with one attached hydrogen (secondary N) is 2. The summed E-state index contributed by atoms with van der Waals surface area (Å²) in [5, 5.41) is 12.9. The third-order valence-electron chi connectivity index (χ3n) is 4.47. The predicted octanol–water partition coefficient (Wildman–Crippen LogP) is 2.40. The molecule has 4 rings (SSSR count). The Morgan fingerprint density at radius 1 is 1.38 bits per heavy atom. The van der Waals surface area contributed by atoms with E-state index in [0.29, 0.717) is 11.1 Å². The van der Waals surface area contributed by atoms with E-state index >= 15 is 0 Å². The van der Waals surface area contributed by atoms with Gasteiger partial charge < -0.3 is 15.4 Å². The van der Waals surface area contributed by atoms with Crippen LogP contribution in [0.1, 0.15) is 18.5 Å². The molecular weight excluding hydrogens is 352 g/mol. The number of anilines is 2. The summed E-state index contributed by atoms with van der Waals surface area (Å²) in [5.74, 6) is 0.854. The van der Waals surface area contributed by atoms with Gasteiger partial charge in [0, 0.05) is 17.6 Å². The fourth-order valence-corrected chi connectivity index (χ4v) is 3.83. The molecule has 2 aromatic heterocycles. The van der Waals surface area contributed by atoms with E-state index in [4.69, 9.17) is 4.74 Å². The molecule has 1 aliphatic rings. The van der Waals surface area contributed by atoms with Crippen molar-refractivity contribution in [1.82, 2.24) is 19.7 Å². The second kappa shape index (κ2) is 6.75. The number of methoxy groups -OCH3 is 1. The Balaban J connectivity index is 1.75. The van der Waals surface area contributed by atoms with Crippen molar-refractivity contribution in [2.75, 3.05) is 17.7 Å². The third-order valence-corrected chi connectivity index (χ3v) is 5.16. The summed E-state index contributed by atoms with van der Waals surface area (Å²) in [6, 6.07) is 7.24. The number of nitrogens with zero attached hydrogens (tertiary/aromatic N) is 4. The average Bonchev–Trinajstić information content (AvgIpc) is 3.32. The number of hydrogen-bond acceptors (Lipinski definition) is 7. The number of hydrogen-bond donors (Lipinski definition) is 2. The van der Waals surface area contributed by atoms with Crippen molar-refractivity contribution in [3.8, 4) is 5.75 Å². The molecule has 3 heterocycles. The molecule has 0 saturated heterocycles. The first-order valence-corrected chi connectivity index (χ1v) is 9.05. The number of benzene rings is 1.